The number of aliphatic hydroxyl groups excluding tert-OH is 1. The molecule has 1 atom stereocenters. The number of rotatable bonds is 0. The van der Waals surface area contributed by atoms with Crippen LogP contribution in [0.5, 0.6) is 0 Å². The zero-order chi connectivity index (χ0) is 6.27. The van der Waals surface area contributed by atoms with Gasteiger partial charge in [0.05, 0.1) is 11.6 Å². The third-order valence-electron chi connectivity index (χ3n) is 1.40. The maximum Gasteiger partial charge on any atom is 0.123 e. The lowest BCUT2D eigenvalue weighted by molar-refractivity contribution is 0.247. The van der Waals surface area contributed by atoms with E-state index in [0.717, 1.165) is 6.54 Å². The van der Waals surface area contributed by atoms with Crippen molar-refractivity contribution in [1.82, 2.24) is 4.57 Å². The van der Waals surface area contributed by atoms with Crippen LogP contribution < -0.4 is 0 Å². The van der Waals surface area contributed by atoms with Crippen LogP contribution in [-0.4, -0.2) is 15.1 Å². The first-order valence-electron chi connectivity index (χ1n) is 2.86. The Morgan fingerprint density at radius 3 is 3.44 bits per heavy atom. The van der Waals surface area contributed by atoms with Gasteiger partial charge in [0.25, 0.3) is 0 Å². The summed E-state index contributed by atoms with van der Waals surface area (Å²) in [6.07, 6.45) is 1.98. The fourth-order valence-electron chi connectivity index (χ4n) is 1.00. The van der Waals surface area contributed by atoms with E-state index in [9.17, 15) is 0 Å². The van der Waals surface area contributed by atoms with Gasteiger partial charge in [-0.25, -0.2) is 0 Å². The molecule has 0 aliphatic carbocycles. The molecule has 0 saturated heterocycles. The van der Waals surface area contributed by atoms with Gasteiger partial charge in [-0.2, -0.15) is 0 Å². The molecule has 2 rings (SSSR count). The predicted molar refractivity (Wildman–Crippen MR) is 36.3 cm³/mol. The molecule has 0 fully saturated rings. The number of hydrogen-bond acceptors (Lipinski definition) is 2. The summed E-state index contributed by atoms with van der Waals surface area (Å²) in [6, 6.07) is 4.01. The maximum atomic E-state index is 9.08. The summed E-state index contributed by atoms with van der Waals surface area (Å²) in [5, 5.41) is 10.3. The average Bonchev–Trinajstić information content (AvgIpc) is 2.22. The van der Waals surface area contributed by atoms with Gasteiger partial charge in [0.15, 0.2) is 0 Å². The molecule has 0 saturated carbocycles. The molecule has 1 aromatic rings. The lowest BCUT2D eigenvalue weighted by Gasteiger charge is -1.94. The summed E-state index contributed by atoms with van der Waals surface area (Å²) in [5.74, 6) is 0. The lowest BCUT2D eigenvalue weighted by atomic mass is 10.7. The molecular formula is C6H7NOS. The first kappa shape index (κ1) is 5.38. The summed E-state index contributed by atoms with van der Waals surface area (Å²) < 4.78 is 2.05. The van der Waals surface area contributed by atoms with Crippen molar-refractivity contribution in [3.8, 4) is 0 Å². The number of aliphatic hydroxyl groups is 1. The van der Waals surface area contributed by atoms with E-state index in [0.29, 0.717) is 0 Å². The zero-order valence-corrected chi connectivity index (χ0v) is 5.64. The fraction of sp³-hybridized carbons (Fsp3) is 0.333. The van der Waals surface area contributed by atoms with Gasteiger partial charge in [0.1, 0.15) is 5.44 Å². The smallest absolute Gasteiger partial charge is 0.123 e. The Kier molecular flexibility index (Phi) is 1.07. The Morgan fingerprint density at radius 2 is 2.67 bits per heavy atom. The van der Waals surface area contributed by atoms with Crippen LogP contribution in [0, 0.1) is 0 Å². The van der Waals surface area contributed by atoms with Gasteiger partial charge < -0.3 is 9.67 Å². The molecule has 0 radical (unpaired) electrons. The zero-order valence-electron chi connectivity index (χ0n) is 4.82. The molecule has 0 spiro atoms. The third kappa shape index (κ3) is 0.767. The van der Waals surface area contributed by atoms with Crippen molar-refractivity contribution < 1.29 is 5.11 Å². The number of thioether (sulfide) groups is 1. The molecule has 9 heavy (non-hydrogen) atoms. The number of aromatic nitrogens is 1. The molecule has 1 N–H and O–H groups in total. The maximum absolute atomic E-state index is 9.08. The second kappa shape index (κ2) is 1.78. The molecule has 48 valence electrons. The minimum Gasteiger partial charge on any atom is -0.380 e. The monoisotopic (exact) mass is 141 g/mol. The number of fused-ring (bicyclic) bond motifs is 1. The fourth-order valence-corrected chi connectivity index (χ4v) is 1.94. The van der Waals surface area contributed by atoms with Crippen molar-refractivity contribution in [2.24, 2.45) is 0 Å². The summed E-state index contributed by atoms with van der Waals surface area (Å²) in [6.45, 7) is 0.743. The topological polar surface area (TPSA) is 25.2 Å². The van der Waals surface area contributed by atoms with Crippen LogP contribution >= 0.6 is 11.8 Å². The normalized spacial score (nSPS) is 24.3. The van der Waals surface area contributed by atoms with Gasteiger partial charge >= 0.3 is 0 Å². The quantitative estimate of drug-likeness (QED) is 0.581. The van der Waals surface area contributed by atoms with E-state index >= 15 is 0 Å². The highest BCUT2D eigenvalue weighted by atomic mass is 32.2. The summed E-state index contributed by atoms with van der Waals surface area (Å²) in [4.78, 5) is 0. The summed E-state index contributed by atoms with van der Waals surface area (Å²) in [7, 11) is 0. The molecule has 0 aromatic carbocycles. The second-order valence-electron chi connectivity index (χ2n) is 2.07. The minimum atomic E-state index is -0.221. The van der Waals surface area contributed by atoms with E-state index in [1.165, 1.54) is 16.8 Å². The van der Waals surface area contributed by atoms with Crippen LogP contribution in [0.25, 0.3) is 0 Å². The third-order valence-corrected chi connectivity index (χ3v) is 2.43. The van der Waals surface area contributed by atoms with E-state index in [-0.39, 0.29) is 5.44 Å². The molecule has 1 aromatic heterocycles. The predicted octanol–water partition coefficient (Wildman–Crippen LogP) is 0.912. The van der Waals surface area contributed by atoms with Crippen LogP contribution in [-0.2, 0) is 6.54 Å². The SMILES string of the molecule is OC1Cn2cccc2S1. The van der Waals surface area contributed by atoms with Gasteiger partial charge in [-0.3, -0.25) is 0 Å². The molecule has 3 heteroatoms. The van der Waals surface area contributed by atoms with Crippen molar-refractivity contribution in [3.05, 3.63) is 18.3 Å². The van der Waals surface area contributed by atoms with Crippen molar-refractivity contribution in [2.75, 3.05) is 0 Å². The van der Waals surface area contributed by atoms with E-state index in [4.69, 9.17) is 5.11 Å². The molecule has 2 heterocycles. The Morgan fingerprint density at radius 1 is 1.78 bits per heavy atom. The van der Waals surface area contributed by atoms with Gasteiger partial charge in [0, 0.05) is 6.20 Å². The summed E-state index contributed by atoms with van der Waals surface area (Å²) in [5.41, 5.74) is -0.221. The van der Waals surface area contributed by atoms with Crippen molar-refractivity contribution in [3.63, 3.8) is 0 Å². The Labute approximate surface area is 57.5 Å². The van der Waals surface area contributed by atoms with E-state index in [1.807, 2.05) is 18.3 Å². The largest absolute Gasteiger partial charge is 0.380 e. The molecule has 0 bridgehead atoms. The van der Waals surface area contributed by atoms with Crippen molar-refractivity contribution >= 4 is 11.8 Å². The van der Waals surface area contributed by atoms with Crippen LogP contribution in [0.15, 0.2) is 23.4 Å². The molecule has 0 amide bonds. The highest BCUT2D eigenvalue weighted by Crippen LogP contribution is 2.30. The standard InChI is InChI=1S/C6H7NOS/c8-6-4-7-3-1-2-5(7)9-6/h1-3,6,8H,4H2. The van der Waals surface area contributed by atoms with E-state index in [1.54, 1.807) is 0 Å². The Hall–Kier alpha value is -0.410. The van der Waals surface area contributed by atoms with Crippen molar-refractivity contribution in [1.29, 1.82) is 0 Å². The van der Waals surface area contributed by atoms with E-state index in [2.05, 4.69) is 4.57 Å². The molecule has 1 aliphatic heterocycles. The Balaban J connectivity index is 2.39. The van der Waals surface area contributed by atoms with Gasteiger partial charge in [-0.05, 0) is 12.1 Å². The lowest BCUT2D eigenvalue weighted by Crippen LogP contribution is -2.01. The number of hydrogen-bond donors (Lipinski definition) is 1. The molecule has 2 nitrogen and oxygen atoms in total. The Bertz CT molecular complexity index is 200. The molecule has 1 unspecified atom stereocenters. The highest BCUT2D eigenvalue weighted by Gasteiger charge is 2.17. The van der Waals surface area contributed by atoms with E-state index < -0.39 is 0 Å². The second-order valence-corrected chi connectivity index (χ2v) is 3.27. The first-order chi connectivity index (χ1) is 4.36. The van der Waals surface area contributed by atoms with Gasteiger partial charge in [-0.1, -0.05) is 11.8 Å². The average molecular weight is 141 g/mol. The van der Waals surface area contributed by atoms with Crippen molar-refractivity contribution in [2.45, 2.75) is 17.0 Å². The highest BCUT2D eigenvalue weighted by molar-refractivity contribution is 7.99. The summed E-state index contributed by atoms with van der Waals surface area (Å²) >= 11 is 1.52. The minimum absolute atomic E-state index is 0.221. The first-order valence-corrected chi connectivity index (χ1v) is 3.74. The van der Waals surface area contributed by atoms with Crippen LogP contribution in [0.4, 0.5) is 0 Å². The number of nitrogens with zero attached hydrogens (tertiary/aromatic N) is 1. The van der Waals surface area contributed by atoms with Gasteiger partial charge in [-0.15, -0.1) is 0 Å². The van der Waals surface area contributed by atoms with Crippen LogP contribution in [0.3, 0.4) is 0 Å². The molecular weight excluding hydrogens is 134 g/mol. The van der Waals surface area contributed by atoms with Crippen LogP contribution in [0.1, 0.15) is 0 Å². The van der Waals surface area contributed by atoms with Gasteiger partial charge in [0.2, 0.25) is 0 Å². The van der Waals surface area contributed by atoms with Crippen LogP contribution in [0.2, 0.25) is 0 Å². The molecule has 1 aliphatic rings.